The van der Waals surface area contributed by atoms with Crippen molar-refractivity contribution in [2.24, 2.45) is 10.2 Å². The number of aromatic nitrogens is 2. The number of anilines is 2. The van der Waals surface area contributed by atoms with Crippen molar-refractivity contribution in [3.8, 4) is 0 Å². The minimum atomic E-state index is -0.416. The number of nitrogens with one attached hydrogen (secondary N) is 2. The van der Waals surface area contributed by atoms with Crippen LogP contribution in [-0.2, 0) is 9.59 Å². The fourth-order valence-corrected chi connectivity index (χ4v) is 2.77. The summed E-state index contributed by atoms with van der Waals surface area (Å²) in [6.45, 7) is 1.83. The highest BCUT2D eigenvalue weighted by Crippen LogP contribution is 2.25. The molecule has 0 fully saturated rings. The number of nitrogens with zero attached hydrogens (tertiary/aromatic N) is 4. The Hall–Kier alpha value is -2.94. The standard InChI is InChI=1S/C15H9BrN6O2/c1-6-2-3-8-10(14(23)20-13(8)18-6)21-22-11-9-4-7(16)5-17-12(9)19-15(11)24/h2-5H,1H3,(H,17,19,22,24)(H,18,20,21,23). The van der Waals surface area contributed by atoms with Gasteiger partial charge < -0.3 is 10.6 Å². The lowest BCUT2D eigenvalue weighted by atomic mass is 10.2. The van der Waals surface area contributed by atoms with Crippen LogP contribution < -0.4 is 10.6 Å². The van der Waals surface area contributed by atoms with E-state index in [-0.39, 0.29) is 11.4 Å². The molecule has 0 saturated carbocycles. The van der Waals surface area contributed by atoms with Crippen molar-refractivity contribution in [3.05, 3.63) is 45.7 Å². The summed E-state index contributed by atoms with van der Waals surface area (Å²) in [4.78, 5) is 32.4. The zero-order valence-corrected chi connectivity index (χ0v) is 13.9. The number of carbonyl (C=O) groups is 2. The molecule has 2 N–H and O–H groups in total. The molecule has 0 saturated heterocycles. The van der Waals surface area contributed by atoms with E-state index < -0.39 is 11.8 Å². The SMILES string of the molecule is Cc1ccc2c(n1)NC(=O)/C2=N\N=C1/C(=O)Nc2ncc(Br)cc21. The van der Waals surface area contributed by atoms with E-state index in [1.54, 1.807) is 24.4 Å². The van der Waals surface area contributed by atoms with Crippen LogP contribution in [0.15, 0.2) is 39.1 Å². The molecule has 118 valence electrons. The van der Waals surface area contributed by atoms with Gasteiger partial charge in [0.25, 0.3) is 11.8 Å². The van der Waals surface area contributed by atoms with Crippen molar-refractivity contribution in [2.45, 2.75) is 6.92 Å². The second-order valence-electron chi connectivity index (χ2n) is 5.20. The first-order chi connectivity index (χ1) is 11.5. The van der Waals surface area contributed by atoms with Crippen LogP contribution in [0.1, 0.15) is 16.8 Å². The third-order valence-electron chi connectivity index (χ3n) is 3.54. The molecule has 0 bridgehead atoms. The Morgan fingerprint density at radius 1 is 1.00 bits per heavy atom. The predicted octanol–water partition coefficient (Wildman–Crippen LogP) is 1.65. The minimum Gasteiger partial charge on any atom is -0.305 e. The lowest BCUT2D eigenvalue weighted by molar-refractivity contribution is -0.111. The highest BCUT2D eigenvalue weighted by atomic mass is 79.9. The summed E-state index contributed by atoms with van der Waals surface area (Å²) in [6, 6.07) is 5.24. The van der Waals surface area contributed by atoms with E-state index in [1.165, 1.54) is 0 Å². The van der Waals surface area contributed by atoms with Gasteiger partial charge >= 0.3 is 0 Å². The molecule has 2 aromatic heterocycles. The third kappa shape index (κ3) is 2.29. The van der Waals surface area contributed by atoms with E-state index in [0.29, 0.717) is 27.2 Å². The zero-order chi connectivity index (χ0) is 16.8. The number of hydrogen-bond donors (Lipinski definition) is 2. The maximum atomic E-state index is 12.1. The van der Waals surface area contributed by atoms with Gasteiger partial charge in [-0.3, -0.25) is 9.59 Å². The first-order valence-corrected chi connectivity index (χ1v) is 7.74. The number of pyridine rings is 2. The molecule has 0 aliphatic carbocycles. The summed E-state index contributed by atoms with van der Waals surface area (Å²) in [5, 5.41) is 13.2. The molecular formula is C15H9BrN6O2. The molecule has 0 unspecified atom stereocenters. The van der Waals surface area contributed by atoms with Gasteiger partial charge in [0.05, 0.1) is 11.1 Å². The minimum absolute atomic E-state index is 0.104. The molecule has 2 amide bonds. The fourth-order valence-electron chi connectivity index (χ4n) is 2.44. The fraction of sp³-hybridized carbons (Fsp3) is 0.0667. The van der Waals surface area contributed by atoms with E-state index >= 15 is 0 Å². The molecule has 4 heterocycles. The predicted molar refractivity (Wildman–Crippen MR) is 91.2 cm³/mol. The summed E-state index contributed by atoms with van der Waals surface area (Å²) in [5.41, 5.74) is 2.09. The van der Waals surface area contributed by atoms with Gasteiger partial charge in [-0.2, -0.15) is 0 Å². The number of rotatable bonds is 1. The van der Waals surface area contributed by atoms with Crippen LogP contribution in [0.3, 0.4) is 0 Å². The highest BCUT2D eigenvalue weighted by Gasteiger charge is 2.30. The topological polar surface area (TPSA) is 109 Å². The second kappa shape index (κ2) is 5.31. The molecule has 4 rings (SSSR count). The smallest absolute Gasteiger partial charge is 0.278 e. The maximum absolute atomic E-state index is 12.1. The van der Waals surface area contributed by atoms with Crippen LogP contribution in [0.2, 0.25) is 0 Å². The normalized spacial score (nSPS) is 18.6. The molecule has 0 spiro atoms. The average molecular weight is 385 g/mol. The Labute approximate surface area is 144 Å². The zero-order valence-electron chi connectivity index (χ0n) is 12.3. The molecule has 2 aliphatic rings. The van der Waals surface area contributed by atoms with Crippen molar-refractivity contribution < 1.29 is 9.59 Å². The molecule has 0 atom stereocenters. The Morgan fingerprint density at radius 3 is 2.42 bits per heavy atom. The van der Waals surface area contributed by atoms with Gasteiger partial charge in [0.15, 0.2) is 11.4 Å². The molecule has 2 aromatic rings. The Bertz CT molecular complexity index is 982. The summed E-state index contributed by atoms with van der Waals surface area (Å²) >= 11 is 3.30. The quantitative estimate of drug-likeness (QED) is 0.728. The summed E-state index contributed by atoms with van der Waals surface area (Å²) < 4.78 is 0.710. The van der Waals surface area contributed by atoms with E-state index in [4.69, 9.17) is 0 Å². The Kier molecular flexibility index (Phi) is 3.24. The number of fused-ring (bicyclic) bond motifs is 2. The van der Waals surface area contributed by atoms with Crippen molar-refractivity contribution in [1.82, 2.24) is 9.97 Å². The number of carbonyl (C=O) groups excluding carboxylic acids is 2. The monoisotopic (exact) mass is 384 g/mol. The largest absolute Gasteiger partial charge is 0.305 e. The van der Waals surface area contributed by atoms with Gasteiger partial charge in [-0.1, -0.05) is 0 Å². The molecule has 0 aromatic carbocycles. The van der Waals surface area contributed by atoms with E-state index in [9.17, 15) is 9.59 Å². The first-order valence-electron chi connectivity index (χ1n) is 6.95. The average Bonchev–Trinajstić information content (AvgIpc) is 3.00. The number of aryl methyl sites for hydroxylation is 1. The van der Waals surface area contributed by atoms with Crippen LogP contribution >= 0.6 is 15.9 Å². The molecule has 9 heteroatoms. The van der Waals surface area contributed by atoms with E-state index in [1.807, 2.05) is 6.92 Å². The summed E-state index contributed by atoms with van der Waals surface area (Å²) in [6.07, 6.45) is 1.57. The van der Waals surface area contributed by atoms with Crippen molar-refractivity contribution in [1.29, 1.82) is 0 Å². The van der Waals surface area contributed by atoms with Crippen molar-refractivity contribution in [3.63, 3.8) is 0 Å². The lowest BCUT2D eigenvalue weighted by Crippen LogP contribution is -2.16. The molecular weight excluding hydrogens is 376 g/mol. The van der Waals surface area contributed by atoms with Crippen LogP contribution in [-0.4, -0.2) is 33.2 Å². The summed E-state index contributed by atoms with van der Waals surface area (Å²) in [5.74, 6) is 0.0365. The molecule has 24 heavy (non-hydrogen) atoms. The van der Waals surface area contributed by atoms with Crippen LogP contribution in [0, 0.1) is 6.92 Å². The van der Waals surface area contributed by atoms with Gasteiger partial charge in [-0.25, -0.2) is 9.97 Å². The van der Waals surface area contributed by atoms with E-state index in [2.05, 4.69) is 46.7 Å². The van der Waals surface area contributed by atoms with Crippen LogP contribution in [0.4, 0.5) is 11.6 Å². The third-order valence-corrected chi connectivity index (χ3v) is 3.98. The summed E-state index contributed by atoms with van der Waals surface area (Å²) in [7, 11) is 0. The number of amides is 2. The van der Waals surface area contributed by atoms with Crippen LogP contribution in [0.5, 0.6) is 0 Å². The van der Waals surface area contributed by atoms with Crippen molar-refractivity contribution >= 4 is 50.8 Å². The molecule has 2 aliphatic heterocycles. The molecule has 0 radical (unpaired) electrons. The molecule has 8 nitrogen and oxygen atoms in total. The highest BCUT2D eigenvalue weighted by molar-refractivity contribution is 9.10. The van der Waals surface area contributed by atoms with Gasteiger partial charge in [0.2, 0.25) is 0 Å². The van der Waals surface area contributed by atoms with Gasteiger partial charge in [0.1, 0.15) is 11.6 Å². The number of hydrogen-bond acceptors (Lipinski definition) is 6. The van der Waals surface area contributed by atoms with Gasteiger partial charge in [-0.15, -0.1) is 10.2 Å². The Balaban J connectivity index is 1.79. The Morgan fingerprint density at radius 2 is 1.67 bits per heavy atom. The number of halogens is 1. The second-order valence-corrected chi connectivity index (χ2v) is 6.12. The van der Waals surface area contributed by atoms with Gasteiger partial charge in [0, 0.05) is 16.4 Å². The van der Waals surface area contributed by atoms with Crippen molar-refractivity contribution in [2.75, 3.05) is 10.6 Å². The first kappa shape index (κ1) is 14.6. The maximum Gasteiger partial charge on any atom is 0.278 e. The lowest BCUT2D eigenvalue weighted by Gasteiger charge is -1.97. The van der Waals surface area contributed by atoms with Gasteiger partial charge in [-0.05, 0) is 41.1 Å². The van der Waals surface area contributed by atoms with E-state index in [0.717, 1.165) is 5.69 Å². The van der Waals surface area contributed by atoms with Crippen LogP contribution in [0.25, 0.3) is 0 Å².